The third kappa shape index (κ3) is 2.58. The third-order valence-corrected chi connectivity index (χ3v) is 5.47. The molecular formula is C17H21FN2S. The minimum atomic E-state index is -0.170. The van der Waals surface area contributed by atoms with Crippen LogP contribution < -0.4 is 10.2 Å². The monoisotopic (exact) mass is 304 g/mol. The van der Waals surface area contributed by atoms with E-state index in [1.54, 1.807) is 12.1 Å². The summed E-state index contributed by atoms with van der Waals surface area (Å²) in [6.07, 6.45) is 1.07. The summed E-state index contributed by atoms with van der Waals surface area (Å²) >= 11 is 1.84. The molecule has 2 unspecified atom stereocenters. The van der Waals surface area contributed by atoms with Gasteiger partial charge in [0.05, 0.1) is 6.04 Å². The molecule has 0 radical (unpaired) electrons. The highest BCUT2D eigenvalue weighted by Crippen LogP contribution is 2.38. The van der Waals surface area contributed by atoms with Crippen molar-refractivity contribution in [2.24, 2.45) is 0 Å². The summed E-state index contributed by atoms with van der Waals surface area (Å²) in [7, 11) is 1.91. The average molecular weight is 304 g/mol. The second-order valence-electron chi connectivity index (χ2n) is 5.63. The SMILES string of the molecule is CNC(C)c1cc(F)ccc1N1CCc2sccc2C1C. The van der Waals surface area contributed by atoms with Gasteiger partial charge in [0.2, 0.25) is 0 Å². The summed E-state index contributed by atoms with van der Waals surface area (Å²) in [6, 6.07) is 7.84. The van der Waals surface area contributed by atoms with Crippen LogP contribution in [-0.4, -0.2) is 13.6 Å². The highest BCUT2D eigenvalue weighted by atomic mass is 32.1. The first-order valence-electron chi connectivity index (χ1n) is 7.41. The van der Waals surface area contributed by atoms with Gasteiger partial charge in [0.1, 0.15) is 5.82 Å². The predicted octanol–water partition coefficient (Wildman–Crippen LogP) is 4.29. The summed E-state index contributed by atoms with van der Waals surface area (Å²) in [6.45, 7) is 5.30. The lowest BCUT2D eigenvalue weighted by atomic mass is 9.97. The Hall–Kier alpha value is -1.39. The van der Waals surface area contributed by atoms with Crippen molar-refractivity contribution in [3.63, 3.8) is 0 Å². The zero-order valence-corrected chi connectivity index (χ0v) is 13.5. The average Bonchev–Trinajstić information content (AvgIpc) is 2.97. The summed E-state index contributed by atoms with van der Waals surface area (Å²) in [5.74, 6) is -0.170. The number of halogens is 1. The molecule has 2 atom stereocenters. The van der Waals surface area contributed by atoms with E-state index in [9.17, 15) is 4.39 Å². The van der Waals surface area contributed by atoms with Crippen molar-refractivity contribution < 1.29 is 4.39 Å². The number of rotatable bonds is 3. The van der Waals surface area contributed by atoms with E-state index < -0.39 is 0 Å². The zero-order chi connectivity index (χ0) is 15.0. The molecule has 0 bridgehead atoms. The molecule has 0 aliphatic carbocycles. The van der Waals surface area contributed by atoms with Crippen LogP contribution >= 0.6 is 11.3 Å². The standard InChI is InChI=1S/C17H21FN2S/c1-11(19-3)15-10-13(18)4-5-16(15)20-8-6-17-14(12(20)2)7-9-21-17/h4-5,7,9-12,19H,6,8H2,1-3H3. The lowest BCUT2D eigenvalue weighted by Crippen LogP contribution is -2.34. The molecule has 2 heterocycles. The molecule has 21 heavy (non-hydrogen) atoms. The van der Waals surface area contributed by atoms with E-state index >= 15 is 0 Å². The van der Waals surface area contributed by atoms with Gasteiger partial charge in [-0.2, -0.15) is 0 Å². The zero-order valence-electron chi connectivity index (χ0n) is 12.7. The van der Waals surface area contributed by atoms with E-state index in [1.165, 1.54) is 10.4 Å². The Kier molecular flexibility index (Phi) is 4.00. The Morgan fingerprint density at radius 3 is 2.95 bits per heavy atom. The fourth-order valence-electron chi connectivity index (χ4n) is 3.13. The van der Waals surface area contributed by atoms with Crippen LogP contribution in [0, 0.1) is 5.82 Å². The van der Waals surface area contributed by atoms with Gasteiger partial charge in [-0.15, -0.1) is 11.3 Å². The van der Waals surface area contributed by atoms with E-state index in [0.29, 0.717) is 6.04 Å². The van der Waals surface area contributed by atoms with Crippen molar-refractivity contribution >= 4 is 17.0 Å². The predicted molar refractivity (Wildman–Crippen MR) is 87.7 cm³/mol. The summed E-state index contributed by atoms with van der Waals surface area (Å²) in [5, 5.41) is 5.40. The molecule has 2 aromatic rings. The maximum atomic E-state index is 13.7. The fraction of sp³-hybridized carbons (Fsp3) is 0.412. The molecule has 1 N–H and O–H groups in total. The Bertz CT molecular complexity index is 637. The summed E-state index contributed by atoms with van der Waals surface area (Å²) < 4.78 is 13.7. The lowest BCUT2D eigenvalue weighted by molar-refractivity contribution is 0.591. The van der Waals surface area contributed by atoms with E-state index in [2.05, 4.69) is 35.5 Å². The van der Waals surface area contributed by atoms with Gasteiger partial charge in [0.15, 0.2) is 0 Å². The highest BCUT2D eigenvalue weighted by molar-refractivity contribution is 7.10. The van der Waals surface area contributed by atoms with Crippen LogP contribution in [0.1, 0.15) is 41.9 Å². The van der Waals surface area contributed by atoms with Gasteiger partial charge in [-0.1, -0.05) is 0 Å². The first kappa shape index (κ1) is 14.5. The Balaban J connectivity index is 2.01. The Labute approximate surface area is 129 Å². The molecule has 0 saturated heterocycles. The highest BCUT2D eigenvalue weighted by Gasteiger charge is 2.27. The number of nitrogens with zero attached hydrogens (tertiary/aromatic N) is 1. The largest absolute Gasteiger partial charge is 0.364 e. The number of nitrogens with one attached hydrogen (secondary N) is 1. The minimum absolute atomic E-state index is 0.131. The fourth-order valence-corrected chi connectivity index (χ4v) is 4.09. The molecule has 0 fully saturated rings. The molecule has 1 aromatic heterocycles. The van der Waals surface area contributed by atoms with Crippen molar-refractivity contribution in [1.82, 2.24) is 5.32 Å². The van der Waals surface area contributed by atoms with Crippen molar-refractivity contribution in [2.75, 3.05) is 18.5 Å². The van der Waals surface area contributed by atoms with E-state index in [1.807, 2.05) is 24.5 Å². The molecule has 0 spiro atoms. The van der Waals surface area contributed by atoms with Crippen LogP contribution in [0.5, 0.6) is 0 Å². The van der Waals surface area contributed by atoms with E-state index in [0.717, 1.165) is 24.2 Å². The smallest absolute Gasteiger partial charge is 0.123 e. The molecule has 4 heteroatoms. The molecule has 0 saturated carbocycles. The normalized spacial score (nSPS) is 19.4. The van der Waals surface area contributed by atoms with Crippen LogP contribution in [0.4, 0.5) is 10.1 Å². The summed E-state index contributed by atoms with van der Waals surface area (Å²) in [4.78, 5) is 3.89. The van der Waals surface area contributed by atoms with Gasteiger partial charge in [-0.05, 0) is 68.1 Å². The lowest BCUT2D eigenvalue weighted by Gasteiger charge is -2.37. The van der Waals surface area contributed by atoms with Crippen molar-refractivity contribution in [3.8, 4) is 0 Å². The quantitative estimate of drug-likeness (QED) is 0.910. The van der Waals surface area contributed by atoms with Gasteiger partial charge in [-0.25, -0.2) is 4.39 Å². The molecule has 1 aliphatic rings. The second kappa shape index (κ2) is 5.78. The van der Waals surface area contributed by atoms with E-state index in [4.69, 9.17) is 0 Å². The van der Waals surface area contributed by atoms with Crippen LogP contribution in [0.15, 0.2) is 29.6 Å². The number of hydrogen-bond acceptors (Lipinski definition) is 3. The molecule has 1 aromatic carbocycles. The van der Waals surface area contributed by atoms with Crippen molar-refractivity contribution in [3.05, 3.63) is 51.5 Å². The van der Waals surface area contributed by atoms with Crippen molar-refractivity contribution in [1.29, 1.82) is 0 Å². The number of benzene rings is 1. The topological polar surface area (TPSA) is 15.3 Å². The van der Waals surface area contributed by atoms with Gasteiger partial charge in [-0.3, -0.25) is 0 Å². The number of thiophene rings is 1. The molecule has 0 amide bonds. The Morgan fingerprint density at radius 1 is 1.38 bits per heavy atom. The molecule has 2 nitrogen and oxygen atoms in total. The third-order valence-electron chi connectivity index (χ3n) is 4.48. The molecule has 1 aliphatic heterocycles. The first-order chi connectivity index (χ1) is 10.1. The number of hydrogen-bond donors (Lipinski definition) is 1. The minimum Gasteiger partial charge on any atom is -0.364 e. The van der Waals surface area contributed by atoms with Crippen LogP contribution in [0.25, 0.3) is 0 Å². The Morgan fingerprint density at radius 2 is 2.19 bits per heavy atom. The van der Waals surface area contributed by atoms with Gasteiger partial charge < -0.3 is 10.2 Å². The second-order valence-corrected chi connectivity index (χ2v) is 6.63. The molecule has 3 rings (SSSR count). The van der Waals surface area contributed by atoms with Crippen LogP contribution in [0.2, 0.25) is 0 Å². The van der Waals surface area contributed by atoms with Crippen molar-refractivity contribution in [2.45, 2.75) is 32.4 Å². The van der Waals surface area contributed by atoms with Gasteiger partial charge in [0.25, 0.3) is 0 Å². The van der Waals surface area contributed by atoms with E-state index in [-0.39, 0.29) is 11.9 Å². The van der Waals surface area contributed by atoms with Gasteiger partial charge >= 0.3 is 0 Å². The maximum Gasteiger partial charge on any atom is 0.123 e. The number of fused-ring (bicyclic) bond motifs is 1. The van der Waals surface area contributed by atoms with Crippen LogP contribution in [0.3, 0.4) is 0 Å². The maximum absolute atomic E-state index is 13.7. The van der Waals surface area contributed by atoms with Gasteiger partial charge in [0, 0.05) is 23.2 Å². The molecular weight excluding hydrogens is 283 g/mol. The molecule has 112 valence electrons. The summed E-state index contributed by atoms with van der Waals surface area (Å²) in [5.41, 5.74) is 3.59. The van der Waals surface area contributed by atoms with Crippen LogP contribution in [-0.2, 0) is 6.42 Å². The first-order valence-corrected chi connectivity index (χ1v) is 8.29. The number of anilines is 1.